The molecule has 98 valence electrons. The lowest BCUT2D eigenvalue weighted by atomic mass is 10.1. The number of aliphatic hydroxyl groups excluding tert-OH is 1. The Hall–Kier alpha value is -1.10. The summed E-state index contributed by atoms with van der Waals surface area (Å²) in [6.07, 6.45) is 0.975. The number of likely N-dealkylation sites (tertiary alicyclic amines) is 1. The molecule has 1 unspecified atom stereocenters. The Morgan fingerprint density at radius 1 is 1.59 bits per heavy atom. The number of nitrogens with zero attached hydrogens (tertiary/aromatic N) is 1. The van der Waals surface area contributed by atoms with Gasteiger partial charge >= 0.3 is 0 Å². The largest absolute Gasteiger partial charge is 0.394 e. The normalized spacial score (nSPS) is 22.1. The molecule has 17 heavy (non-hydrogen) atoms. The Balaban J connectivity index is 2.52. The summed E-state index contributed by atoms with van der Waals surface area (Å²) in [4.78, 5) is 25.3. The lowest BCUT2D eigenvalue weighted by molar-refractivity contribution is -0.130. The first-order valence-electron chi connectivity index (χ1n) is 6.20. The number of carbonyl (C=O) groups excluding carboxylic acids is 2. The number of hydrogen-bond donors (Lipinski definition) is 2. The Bertz CT molecular complexity index is 287. The first-order valence-corrected chi connectivity index (χ1v) is 6.20. The number of amides is 2. The fourth-order valence-corrected chi connectivity index (χ4v) is 2.00. The summed E-state index contributed by atoms with van der Waals surface area (Å²) >= 11 is 0. The Morgan fingerprint density at radius 3 is 2.65 bits per heavy atom. The van der Waals surface area contributed by atoms with Crippen molar-refractivity contribution in [3.05, 3.63) is 0 Å². The van der Waals surface area contributed by atoms with E-state index in [0.29, 0.717) is 13.0 Å². The minimum Gasteiger partial charge on any atom is -0.394 e. The van der Waals surface area contributed by atoms with Crippen molar-refractivity contribution >= 4 is 11.8 Å². The number of hydrogen-bond acceptors (Lipinski definition) is 3. The number of aliphatic hydroxyl groups is 1. The number of carbonyl (C=O) groups is 2. The minimum atomic E-state index is -0.273. The molecule has 2 amide bonds. The average molecular weight is 242 g/mol. The molecule has 1 saturated heterocycles. The summed E-state index contributed by atoms with van der Waals surface area (Å²) in [5.41, 5.74) is 0. The molecule has 0 aliphatic carbocycles. The first kappa shape index (κ1) is 14.0. The zero-order valence-electron chi connectivity index (χ0n) is 10.8. The van der Waals surface area contributed by atoms with E-state index in [1.165, 1.54) is 0 Å². The van der Waals surface area contributed by atoms with Gasteiger partial charge in [0.25, 0.3) is 0 Å². The third-order valence-electron chi connectivity index (χ3n) is 3.21. The summed E-state index contributed by atoms with van der Waals surface area (Å²) < 4.78 is 0. The zero-order chi connectivity index (χ0) is 13.0. The highest BCUT2D eigenvalue weighted by atomic mass is 16.3. The van der Waals surface area contributed by atoms with E-state index >= 15 is 0 Å². The van der Waals surface area contributed by atoms with Crippen molar-refractivity contribution < 1.29 is 14.7 Å². The van der Waals surface area contributed by atoms with Crippen molar-refractivity contribution in [1.29, 1.82) is 0 Å². The van der Waals surface area contributed by atoms with Crippen LogP contribution in [0.25, 0.3) is 0 Å². The van der Waals surface area contributed by atoms with Gasteiger partial charge in [0.15, 0.2) is 0 Å². The zero-order valence-corrected chi connectivity index (χ0v) is 10.8. The van der Waals surface area contributed by atoms with E-state index in [-0.39, 0.29) is 42.8 Å². The van der Waals surface area contributed by atoms with E-state index in [4.69, 9.17) is 5.11 Å². The van der Waals surface area contributed by atoms with E-state index in [1.54, 1.807) is 4.90 Å². The van der Waals surface area contributed by atoms with E-state index in [0.717, 1.165) is 0 Å². The third kappa shape index (κ3) is 3.43. The summed E-state index contributed by atoms with van der Waals surface area (Å²) in [6.45, 7) is 6.23. The average Bonchev–Trinajstić information content (AvgIpc) is 2.68. The van der Waals surface area contributed by atoms with Gasteiger partial charge in [-0.15, -0.1) is 0 Å². The van der Waals surface area contributed by atoms with Gasteiger partial charge in [-0.05, 0) is 20.3 Å². The maximum absolute atomic E-state index is 11.9. The van der Waals surface area contributed by atoms with Crippen LogP contribution in [-0.4, -0.2) is 47.1 Å². The fraction of sp³-hybridized carbons (Fsp3) is 0.833. The molecule has 5 nitrogen and oxygen atoms in total. The highest BCUT2D eigenvalue weighted by Crippen LogP contribution is 2.20. The fourth-order valence-electron chi connectivity index (χ4n) is 2.00. The van der Waals surface area contributed by atoms with Crippen molar-refractivity contribution in [1.82, 2.24) is 10.2 Å². The standard InChI is InChI=1S/C12H22N2O3/c1-4-10(7-15)13-12(17)9-5-11(16)14(6-9)8(2)3/h8-10,15H,4-7H2,1-3H3,(H,13,17)/t9?,10-/m0/s1. The van der Waals surface area contributed by atoms with Crippen LogP contribution in [0.1, 0.15) is 33.6 Å². The molecule has 1 heterocycles. The second-order valence-corrected chi connectivity index (χ2v) is 4.84. The summed E-state index contributed by atoms with van der Waals surface area (Å²) in [7, 11) is 0. The van der Waals surface area contributed by atoms with Crippen molar-refractivity contribution in [3.8, 4) is 0 Å². The molecular formula is C12H22N2O3. The monoisotopic (exact) mass is 242 g/mol. The Morgan fingerprint density at radius 2 is 2.24 bits per heavy atom. The van der Waals surface area contributed by atoms with Crippen molar-refractivity contribution in [2.45, 2.75) is 45.7 Å². The Kier molecular flexibility index (Phi) is 4.93. The van der Waals surface area contributed by atoms with Gasteiger partial charge in [-0.25, -0.2) is 0 Å². The lowest BCUT2D eigenvalue weighted by Crippen LogP contribution is -2.41. The molecule has 1 aliphatic heterocycles. The molecule has 1 fully saturated rings. The van der Waals surface area contributed by atoms with Gasteiger partial charge in [0.2, 0.25) is 11.8 Å². The van der Waals surface area contributed by atoms with Crippen molar-refractivity contribution in [2.75, 3.05) is 13.2 Å². The van der Waals surface area contributed by atoms with Gasteiger partial charge in [0.05, 0.1) is 18.6 Å². The predicted molar refractivity (Wildman–Crippen MR) is 64.3 cm³/mol. The molecule has 0 aromatic heterocycles. The molecule has 2 atom stereocenters. The van der Waals surface area contributed by atoms with Gasteiger partial charge < -0.3 is 15.3 Å². The topological polar surface area (TPSA) is 69.6 Å². The molecular weight excluding hydrogens is 220 g/mol. The molecule has 0 radical (unpaired) electrons. The van der Waals surface area contributed by atoms with Crippen LogP contribution in [0, 0.1) is 5.92 Å². The van der Waals surface area contributed by atoms with Crippen LogP contribution in [0.2, 0.25) is 0 Å². The quantitative estimate of drug-likeness (QED) is 0.720. The highest BCUT2D eigenvalue weighted by Gasteiger charge is 2.35. The van der Waals surface area contributed by atoms with Gasteiger partial charge in [0.1, 0.15) is 0 Å². The SMILES string of the molecule is CC[C@@H](CO)NC(=O)C1CC(=O)N(C(C)C)C1. The van der Waals surface area contributed by atoms with Crippen molar-refractivity contribution in [2.24, 2.45) is 5.92 Å². The summed E-state index contributed by atoms with van der Waals surface area (Å²) in [6, 6.07) is -0.0641. The molecule has 0 spiro atoms. The predicted octanol–water partition coefficient (Wildman–Crippen LogP) is 0.130. The smallest absolute Gasteiger partial charge is 0.225 e. The second-order valence-electron chi connectivity index (χ2n) is 4.84. The highest BCUT2D eigenvalue weighted by molar-refractivity contribution is 5.89. The van der Waals surface area contributed by atoms with Crippen LogP contribution in [-0.2, 0) is 9.59 Å². The van der Waals surface area contributed by atoms with E-state index in [9.17, 15) is 9.59 Å². The summed E-state index contributed by atoms with van der Waals surface area (Å²) in [5, 5.41) is 11.8. The Labute approximate surface area is 102 Å². The third-order valence-corrected chi connectivity index (χ3v) is 3.21. The van der Waals surface area contributed by atoms with E-state index in [1.807, 2.05) is 20.8 Å². The first-order chi connectivity index (χ1) is 7.99. The minimum absolute atomic E-state index is 0.0391. The van der Waals surface area contributed by atoms with Gasteiger partial charge in [0, 0.05) is 19.0 Å². The van der Waals surface area contributed by atoms with Crippen LogP contribution in [0.5, 0.6) is 0 Å². The number of rotatable bonds is 5. The second kappa shape index (κ2) is 6.00. The van der Waals surface area contributed by atoms with Gasteiger partial charge in [-0.3, -0.25) is 9.59 Å². The van der Waals surface area contributed by atoms with Gasteiger partial charge in [-0.2, -0.15) is 0 Å². The number of nitrogens with one attached hydrogen (secondary N) is 1. The van der Waals surface area contributed by atoms with E-state index < -0.39 is 0 Å². The molecule has 0 aromatic carbocycles. The maximum Gasteiger partial charge on any atom is 0.225 e. The molecule has 0 saturated carbocycles. The van der Waals surface area contributed by atoms with Gasteiger partial charge in [-0.1, -0.05) is 6.92 Å². The van der Waals surface area contributed by atoms with Crippen LogP contribution < -0.4 is 5.32 Å². The van der Waals surface area contributed by atoms with Crippen LogP contribution in [0.15, 0.2) is 0 Å². The lowest BCUT2D eigenvalue weighted by Gasteiger charge is -2.21. The van der Waals surface area contributed by atoms with E-state index in [2.05, 4.69) is 5.32 Å². The van der Waals surface area contributed by atoms with Crippen LogP contribution >= 0.6 is 0 Å². The molecule has 2 N–H and O–H groups in total. The molecule has 1 aliphatic rings. The molecule has 0 aromatic rings. The van der Waals surface area contributed by atoms with Crippen molar-refractivity contribution in [3.63, 3.8) is 0 Å². The maximum atomic E-state index is 11.9. The molecule has 1 rings (SSSR count). The van der Waals surface area contributed by atoms with Crippen LogP contribution in [0.3, 0.4) is 0 Å². The summed E-state index contributed by atoms with van der Waals surface area (Å²) in [5.74, 6) is -0.356. The molecule has 0 bridgehead atoms. The molecule has 5 heteroatoms. The van der Waals surface area contributed by atoms with Crippen LogP contribution in [0.4, 0.5) is 0 Å².